The lowest BCUT2D eigenvalue weighted by molar-refractivity contribution is -0.121. The zero-order chi connectivity index (χ0) is 9.76. The predicted molar refractivity (Wildman–Crippen MR) is 52.1 cm³/mol. The molecule has 1 heterocycles. The number of carbonyl (C=O) groups is 1. The number of benzene rings is 1. The van der Waals surface area contributed by atoms with Gasteiger partial charge < -0.3 is 10.4 Å². The van der Waals surface area contributed by atoms with Crippen LogP contribution in [0.5, 0.6) is 5.75 Å². The maximum atomic E-state index is 11.7. The Bertz CT molecular complexity index is 421. The Labute approximate surface area is 81.8 Å². The van der Waals surface area contributed by atoms with Gasteiger partial charge in [0.2, 0.25) is 5.91 Å². The monoisotopic (exact) mass is 189 g/mol. The van der Waals surface area contributed by atoms with Gasteiger partial charge in [-0.25, -0.2) is 0 Å². The first kappa shape index (κ1) is 7.85. The molecule has 1 aliphatic heterocycles. The van der Waals surface area contributed by atoms with Gasteiger partial charge in [0.05, 0.1) is 5.41 Å². The van der Waals surface area contributed by atoms with Gasteiger partial charge in [0.25, 0.3) is 0 Å². The van der Waals surface area contributed by atoms with Gasteiger partial charge in [0.1, 0.15) is 5.75 Å². The van der Waals surface area contributed by atoms with Crippen molar-refractivity contribution in [2.45, 2.75) is 19.3 Å². The molecule has 0 atom stereocenters. The average Bonchev–Trinajstić information content (AvgIpc) is 2.89. The molecule has 1 spiro atoms. The molecule has 3 nitrogen and oxygen atoms in total. The van der Waals surface area contributed by atoms with Gasteiger partial charge in [-0.3, -0.25) is 4.79 Å². The van der Waals surface area contributed by atoms with Gasteiger partial charge in [-0.2, -0.15) is 0 Å². The van der Waals surface area contributed by atoms with E-state index in [2.05, 4.69) is 5.32 Å². The zero-order valence-electron chi connectivity index (χ0n) is 7.71. The van der Waals surface area contributed by atoms with Crippen LogP contribution >= 0.6 is 0 Å². The molecule has 0 saturated heterocycles. The molecule has 0 bridgehead atoms. The lowest BCUT2D eigenvalue weighted by atomic mass is 9.90. The van der Waals surface area contributed by atoms with Gasteiger partial charge in [-0.15, -0.1) is 0 Å². The second kappa shape index (κ2) is 2.29. The van der Waals surface area contributed by atoms with E-state index in [-0.39, 0.29) is 17.1 Å². The largest absolute Gasteiger partial charge is 0.508 e. The second-order valence-electron chi connectivity index (χ2n) is 4.25. The Hall–Kier alpha value is -1.51. The molecule has 14 heavy (non-hydrogen) atoms. The van der Waals surface area contributed by atoms with Crippen LogP contribution < -0.4 is 5.32 Å². The smallest absolute Gasteiger partial charge is 0.230 e. The highest BCUT2D eigenvalue weighted by atomic mass is 16.3. The van der Waals surface area contributed by atoms with Crippen LogP contribution in [0.25, 0.3) is 0 Å². The summed E-state index contributed by atoms with van der Waals surface area (Å²) in [5, 5.41) is 12.2. The van der Waals surface area contributed by atoms with Crippen LogP contribution in [0, 0.1) is 5.41 Å². The maximum absolute atomic E-state index is 11.7. The van der Waals surface area contributed by atoms with Crippen molar-refractivity contribution in [3.8, 4) is 5.75 Å². The highest BCUT2D eigenvalue weighted by Gasteiger charge is 2.51. The Balaban J connectivity index is 2.07. The number of anilines is 1. The molecule has 0 unspecified atom stereocenters. The van der Waals surface area contributed by atoms with Crippen LogP contribution in [-0.4, -0.2) is 11.0 Å². The van der Waals surface area contributed by atoms with Crippen molar-refractivity contribution in [3.05, 3.63) is 23.8 Å². The summed E-state index contributed by atoms with van der Waals surface area (Å²) in [6.45, 7) is 0. The molecule has 2 N–H and O–H groups in total. The van der Waals surface area contributed by atoms with Crippen LogP contribution in [0.3, 0.4) is 0 Å². The molecule has 72 valence electrons. The summed E-state index contributed by atoms with van der Waals surface area (Å²) in [5.74, 6) is 0.423. The van der Waals surface area contributed by atoms with E-state index in [0.717, 1.165) is 30.5 Å². The van der Waals surface area contributed by atoms with Crippen molar-refractivity contribution in [3.63, 3.8) is 0 Å². The number of aromatic hydroxyl groups is 1. The van der Waals surface area contributed by atoms with Gasteiger partial charge in [-0.1, -0.05) is 0 Å². The molecule has 1 aliphatic carbocycles. The normalized spacial score (nSPS) is 21.6. The molecule has 3 heteroatoms. The Morgan fingerprint density at radius 2 is 2.14 bits per heavy atom. The van der Waals surface area contributed by atoms with Gasteiger partial charge in [-0.05, 0) is 43.0 Å². The number of hydrogen-bond acceptors (Lipinski definition) is 2. The van der Waals surface area contributed by atoms with E-state index in [1.165, 1.54) is 0 Å². The van der Waals surface area contributed by atoms with Crippen molar-refractivity contribution in [1.82, 2.24) is 0 Å². The van der Waals surface area contributed by atoms with E-state index in [1.807, 2.05) is 0 Å². The first-order chi connectivity index (χ1) is 6.70. The van der Waals surface area contributed by atoms with E-state index in [1.54, 1.807) is 18.2 Å². The van der Waals surface area contributed by atoms with Crippen molar-refractivity contribution < 1.29 is 9.90 Å². The number of carbonyl (C=O) groups excluding carboxylic acids is 1. The summed E-state index contributed by atoms with van der Waals surface area (Å²) >= 11 is 0. The van der Waals surface area contributed by atoms with Crippen molar-refractivity contribution in [1.29, 1.82) is 0 Å². The Kier molecular flexibility index (Phi) is 1.29. The molecule has 2 aliphatic rings. The van der Waals surface area contributed by atoms with E-state index in [4.69, 9.17) is 0 Å². The summed E-state index contributed by atoms with van der Waals surface area (Å²) < 4.78 is 0. The predicted octanol–water partition coefficient (Wildman–Crippen LogP) is 1.67. The fourth-order valence-corrected chi connectivity index (χ4v) is 2.10. The summed E-state index contributed by atoms with van der Waals surface area (Å²) in [7, 11) is 0. The van der Waals surface area contributed by atoms with Gasteiger partial charge >= 0.3 is 0 Å². The van der Waals surface area contributed by atoms with E-state index in [0.29, 0.717) is 0 Å². The third kappa shape index (κ3) is 0.953. The second-order valence-corrected chi connectivity index (χ2v) is 4.25. The standard InChI is InChI=1S/C11H11NO2/c13-8-1-2-9-7(5-8)6-11(3-4-11)10(14)12-9/h1-2,5,13H,3-4,6H2,(H,12,14). The van der Waals surface area contributed by atoms with Crippen molar-refractivity contribution in [2.24, 2.45) is 5.41 Å². The molecule has 1 aromatic carbocycles. The molecular weight excluding hydrogens is 178 g/mol. The minimum absolute atomic E-state index is 0.138. The first-order valence-corrected chi connectivity index (χ1v) is 4.83. The quantitative estimate of drug-likeness (QED) is 0.610. The summed E-state index contributed by atoms with van der Waals surface area (Å²) in [6, 6.07) is 5.11. The number of nitrogens with one attached hydrogen (secondary N) is 1. The summed E-state index contributed by atoms with van der Waals surface area (Å²) in [6.07, 6.45) is 2.74. The minimum Gasteiger partial charge on any atom is -0.508 e. The third-order valence-corrected chi connectivity index (χ3v) is 3.20. The third-order valence-electron chi connectivity index (χ3n) is 3.20. The number of rotatable bonds is 0. The van der Waals surface area contributed by atoms with Crippen molar-refractivity contribution >= 4 is 11.6 Å². The maximum Gasteiger partial charge on any atom is 0.230 e. The van der Waals surface area contributed by atoms with Gasteiger partial charge in [0.15, 0.2) is 0 Å². The highest BCUT2D eigenvalue weighted by Crippen LogP contribution is 2.52. The first-order valence-electron chi connectivity index (χ1n) is 4.83. The summed E-state index contributed by atoms with van der Waals surface area (Å²) in [5.41, 5.74) is 1.77. The lowest BCUT2D eigenvalue weighted by Gasteiger charge is -2.24. The Morgan fingerprint density at radius 3 is 2.86 bits per heavy atom. The van der Waals surface area contributed by atoms with E-state index >= 15 is 0 Å². The Morgan fingerprint density at radius 1 is 1.36 bits per heavy atom. The van der Waals surface area contributed by atoms with Crippen LogP contribution in [0.1, 0.15) is 18.4 Å². The van der Waals surface area contributed by atoms with Crippen LogP contribution in [-0.2, 0) is 11.2 Å². The topological polar surface area (TPSA) is 49.3 Å². The zero-order valence-corrected chi connectivity index (χ0v) is 7.71. The fraction of sp³-hybridized carbons (Fsp3) is 0.364. The fourth-order valence-electron chi connectivity index (χ4n) is 2.10. The molecular formula is C11H11NO2. The number of amides is 1. The number of fused-ring (bicyclic) bond motifs is 1. The van der Waals surface area contributed by atoms with Crippen LogP contribution in [0.15, 0.2) is 18.2 Å². The average molecular weight is 189 g/mol. The highest BCUT2D eigenvalue weighted by molar-refractivity contribution is 6.00. The van der Waals surface area contributed by atoms with Crippen LogP contribution in [0.4, 0.5) is 5.69 Å². The van der Waals surface area contributed by atoms with Crippen molar-refractivity contribution in [2.75, 3.05) is 5.32 Å². The molecule has 3 rings (SSSR count). The molecule has 1 fully saturated rings. The number of hydrogen-bond donors (Lipinski definition) is 2. The lowest BCUT2D eigenvalue weighted by Crippen LogP contribution is -2.31. The minimum atomic E-state index is -0.138. The van der Waals surface area contributed by atoms with Gasteiger partial charge in [0, 0.05) is 5.69 Å². The molecule has 0 aromatic heterocycles. The summed E-state index contributed by atoms with van der Waals surface area (Å²) in [4.78, 5) is 11.7. The van der Waals surface area contributed by atoms with E-state index < -0.39 is 0 Å². The SMILES string of the molecule is O=C1Nc2ccc(O)cc2CC12CC2. The molecule has 0 radical (unpaired) electrons. The molecule has 1 aromatic rings. The van der Waals surface area contributed by atoms with E-state index in [9.17, 15) is 9.90 Å². The number of phenolic OH excluding ortho intramolecular Hbond substituents is 1. The molecule has 1 saturated carbocycles. The van der Waals surface area contributed by atoms with Crippen LogP contribution in [0.2, 0.25) is 0 Å². The molecule has 1 amide bonds. The number of phenols is 1.